The van der Waals surface area contributed by atoms with Gasteiger partial charge in [0.1, 0.15) is 12.0 Å². The summed E-state index contributed by atoms with van der Waals surface area (Å²) in [6, 6.07) is 5.27. The molecule has 2 aromatic rings. The third kappa shape index (κ3) is 4.87. The van der Waals surface area contributed by atoms with E-state index < -0.39 is 0 Å². The number of anilines is 4. The first-order valence-electron chi connectivity index (χ1n) is 8.42. The smallest absolute Gasteiger partial charge is 0.159 e. The van der Waals surface area contributed by atoms with E-state index in [0.29, 0.717) is 27.4 Å². The van der Waals surface area contributed by atoms with Crippen molar-refractivity contribution >= 4 is 46.2 Å². The normalized spacial score (nSPS) is 15.1. The molecule has 0 atom stereocenters. The molecule has 0 aliphatic carbocycles. The second-order valence-electron chi connectivity index (χ2n) is 6.07. The van der Waals surface area contributed by atoms with Crippen molar-refractivity contribution < 1.29 is 0 Å². The second-order valence-corrected chi connectivity index (χ2v) is 6.88. The van der Waals surface area contributed by atoms with Crippen LogP contribution in [0.4, 0.5) is 23.0 Å². The Kier molecular flexibility index (Phi) is 6.18. The number of nitrogens with one attached hydrogen (secondary N) is 2. The molecule has 0 spiro atoms. The Bertz CT molecular complexity index is 718. The number of rotatable bonds is 6. The van der Waals surface area contributed by atoms with Crippen molar-refractivity contribution in [1.29, 1.82) is 0 Å². The van der Waals surface area contributed by atoms with Gasteiger partial charge in [-0.2, -0.15) is 0 Å². The minimum absolute atomic E-state index is 0.471. The van der Waals surface area contributed by atoms with Crippen molar-refractivity contribution in [2.45, 2.75) is 19.3 Å². The Morgan fingerprint density at radius 1 is 1.04 bits per heavy atom. The predicted molar refractivity (Wildman–Crippen MR) is 105 cm³/mol. The highest BCUT2D eigenvalue weighted by atomic mass is 35.5. The van der Waals surface area contributed by atoms with Crippen LogP contribution in [0.25, 0.3) is 0 Å². The molecule has 0 radical (unpaired) electrons. The van der Waals surface area contributed by atoms with Gasteiger partial charge >= 0.3 is 0 Å². The van der Waals surface area contributed by atoms with Crippen LogP contribution in [-0.2, 0) is 0 Å². The van der Waals surface area contributed by atoms with E-state index in [2.05, 4.69) is 25.5 Å². The molecule has 1 aromatic carbocycles. The zero-order chi connectivity index (χ0) is 17.6. The summed E-state index contributed by atoms with van der Waals surface area (Å²) >= 11 is 12.0. The maximum atomic E-state index is 6.20. The number of benzene rings is 1. The minimum atomic E-state index is 0.471. The van der Waals surface area contributed by atoms with Gasteiger partial charge in [-0.15, -0.1) is 0 Å². The van der Waals surface area contributed by atoms with Gasteiger partial charge in [0.15, 0.2) is 11.6 Å². The molecular weight excluding hydrogens is 359 g/mol. The molecule has 3 rings (SSSR count). The zero-order valence-corrected chi connectivity index (χ0v) is 15.4. The van der Waals surface area contributed by atoms with E-state index in [1.165, 1.54) is 38.7 Å². The summed E-state index contributed by atoms with van der Waals surface area (Å²) in [5.74, 6) is 1.17. The lowest BCUT2D eigenvalue weighted by Crippen LogP contribution is -2.33. The van der Waals surface area contributed by atoms with Crippen molar-refractivity contribution in [3.8, 4) is 0 Å². The Morgan fingerprint density at radius 2 is 1.80 bits per heavy atom. The van der Waals surface area contributed by atoms with Crippen molar-refractivity contribution in [1.82, 2.24) is 14.9 Å². The lowest BCUT2D eigenvalue weighted by molar-refractivity contribution is 0.237. The van der Waals surface area contributed by atoms with Gasteiger partial charge < -0.3 is 21.3 Å². The van der Waals surface area contributed by atoms with E-state index in [9.17, 15) is 0 Å². The van der Waals surface area contributed by atoms with E-state index in [-0.39, 0.29) is 0 Å². The van der Waals surface area contributed by atoms with Crippen LogP contribution in [0.5, 0.6) is 0 Å². The summed E-state index contributed by atoms with van der Waals surface area (Å²) < 4.78 is 0. The Morgan fingerprint density at radius 3 is 2.56 bits per heavy atom. The summed E-state index contributed by atoms with van der Waals surface area (Å²) in [5, 5.41) is 7.43. The van der Waals surface area contributed by atoms with Crippen LogP contribution in [0.2, 0.25) is 10.0 Å². The summed E-state index contributed by atoms with van der Waals surface area (Å²) in [7, 11) is 0. The third-order valence-electron chi connectivity index (χ3n) is 4.24. The highest BCUT2D eigenvalue weighted by Gasteiger charge is 2.11. The SMILES string of the molecule is Nc1c(NCCN2CCCCC2)ncnc1Nc1ccc(Cl)c(Cl)c1. The number of likely N-dealkylation sites (tertiary alicyclic amines) is 1. The van der Waals surface area contributed by atoms with Gasteiger partial charge in [0.25, 0.3) is 0 Å². The molecule has 0 amide bonds. The summed E-state index contributed by atoms with van der Waals surface area (Å²) in [6.07, 6.45) is 5.40. The van der Waals surface area contributed by atoms with Crippen LogP contribution in [0.1, 0.15) is 19.3 Å². The van der Waals surface area contributed by atoms with Crippen LogP contribution in [0.3, 0.4) is 0 Å². The molecule has 1 aliphatic rings. The van der Waals surface area contributed by atoms with E-state index in [1.54, 1.807) is 12.1 Å². The summed E-state index contributed by atoms with van der Waals surface area (Å²) in [6.45, 7) is 4.13. The number of nitrogen functional groups attached to an aromatic ring is 1. The number of aromatic nitrogens is 2. The Balaban J connectivity index is 1.61. The number of hydrogen-bond donors (Lipinski definition) is 3. The van der Waals surface area contributed by atoms with Gasteiger partial charge in [0, 0.05) is 18.8 Å². The average Bonchev–Trinajstić information content (AvgIpc) is 2.62. The van der Waals surface area contributed by atoms with E-state index in [4.69, 9.17) is 28.9 Å². The van der Waals surface area contributed by atoms with Crippen LogP contribution >= 0.6 is 23.2 Å². The first-order chi connectivity index (χ1) is 12.1. The first kappa shape index (κ1) is 18.0. The van der Waals surface area contributed by atoms with Crippen LogP contribution in [0.15, 0.2) is 24.5 Å². The summed E-state index contributed by atoms with van der Waals surface area (Å²) in [4.78, 5) is 10.9. The topological polar surface area (TPSA) is 79.1 Å². The molecule has 0 bridgehead atoms. The third-order valence-corrected chi connectivity index (χ3v) is 4.97. The molecule has 6 nitrogen and oxygen atoms in total. The molecule has 2 heterocycles. The Hall–Kier alpha value is -1.76. The quantitative estimate of drug-likeness (QED) is 0.702. The van der Waals surface area contributed by atoms with Crippen LogP contribution in [-0.4, -0.2) is 41.0 Å². The number of nitrogens with two attached hydrogens (primary N) is 1. The zero-order valence-electron chi connectivity index (χ0n) is 13.9. The molecule has 4 N–H and O–H groups in total. The number of nitrogens with zero attached hydrogens (tertiary/aromatic N) is 3. The predicted octanol–water partition coefficient (Wildman–Crippen LogP) is 4.01. The fraction of sp³-hybridized carbons (Fsp3) is 0.412. The standard InChI is InChI=1S/C17H22Cl2N6/c18-13-5-4-12(10-14(13)19)24-17-15(20)16(22-11-23-17)21-6-9-25-7-2-1-3-8-25/h4-5,10-11H,1-3,6-9,20H2,(H2,21,22,23,24). The molecule has 25 heavy (non-hydrogen) atoms. The highest BCUT2D eigenvalue weighted by Crippen LogP contribution is 2.29. The van der Waals surface area contributed by atoms with Crippen molar-refractivity contribution in [2.24, 2.45) is 0 Å². The fourth-order valence-corrected chi connectivity index (χ4v) is 3.16. The maximum Gasteiger partial charge on any atom is 0.159 e. The van der Waals surface area contributed by atoms with Crippen molar-refractivity contribution in [2.75, 3.05) is 42.5 Å². The van der Waals surface area contributed by atoms with E-state index >= 15 is 0 Å². The van der Waals surface area contributed by atoms with E-state index in [1.807, 2.05) is 6.07 Å². The number of hydrogen-bond acceptors (Lipinski definition) is 6. The Labute approximate surface area is 157 Å². The number of piperidine rings is 1. The second kappa shape index (κ2) is 8.56. The largest absolute Gasteiger partial charge is 0.393 e. The molecule has 1 aromatic heterocycles. The van der Waals surface area contributed by atoms with Gasteiger partial charge in [-0.05, 0) is 44.1 Å². The highest BCUT2D eigenvalue weighted by molar-refractivity contribution is 6.42. The average molecular weight is 381 g/mol. The van der Waals surface area contributed by atoms with Crippen LogP contribution in [0, 0.1) is 0 Å². The van der Waals surface area contributed by atoms with Crippen LogP contribution < -0.4 is 16.4 Å². The van der Waals surface area contributed by atoms with Crippen molar-refractivity contribution in [3.63, 3.8) is 0 Å². The van der Waals surface area contributed by atoms with Crippen molar-refractivity contribution in [3.05, 3.63) is 34.6 Å². The molecule has 134 valence electrons. The van der Waals surface area contributed by atoms with Gasteiger partial charge in [-0.3, -0.25) is 0 Å². The first-order valence-corrected chi connectivity index (χ1v) is 9.18. The molecule has 1 saturated heterocycles. The van der Waals surface area contributed by atoms with Gasteiger partial charge in [-0.1, -0.05) is 29.6 Å². The number of halogens is 2. The molecule has 1 aliphatic heterocycles. The fourth-order valence-electron chi connectivity index (χ4n) is 2.86. The molecule has 0 saturated carbocycles. The van der Waals surface area contributed by atoms with Gasteiger partial charge in [-0.25, -0.2) is 9.97 Å². The lowest BCUT2D eigenvalue weighted by Gasteiger charge is -2.26. The molecular formula is C17H22Cl2N6. The van der Waals surface area contributed by atoms with Gasteiger partial charge in [0.05, 0.1) is 10.0 Å². The molecule has 8 heteroatoms. The summed E-state index contributed by atoms with van der Waals surface area (Å²) in [5.41, 5.74) is 7.44. The lowest BCUT2D eigenvalue weighted by atomic mass is 10.1. The monoisotopic (exact) mass is 380 g/mol. The minimum Gasteiger partial charge on any atom is -0.393 e. The van der Waals surface area contributed by atoms with Gasteiger partial charge in [0.2, 0.25) is 0 Å². The van der Waals surface area contributed by atoms with E-state index in [0.717, 1.165) is 18.8 Å². The molecule has 1 fully saturated rings. The molecule has 0 unspecified atom stereocenters. The maximum absolute atomic E-state index is 6.20.